The SMILES string of the molecule is CCc1nc(NC(C)=O)nc(NC(C)=O)c1-c1ccc(Cl)c([N+](=O)[O-])c1. The molecule has 2 amide bonds. The van der Waals surface area contributed by atoms with E-state index in [0.29, 0.717) is 23.2 Å². The Bertz CT molecular complexity index is 900. The topological polar surface area (TPSA) is 127 Å². The van der Waals surface area contributed by atoms with E-state index in [4.69, 9.17) is 11.6 Å². The van der Waals surface area contributed by atoms with Gasteiger partial charge in [0.1, 0.15) is 10.8 Å². The summed E-state index contributed by atoms with van der Waals surface area (Å²) in [5.74, 6) is -0.574. The number of aryl methyl sites for hydroxylation is 1. The lowest BCUT2D eigenvalue weighted by Crippen LogP contribution is -2.15. The highest BCUT2D eigenvalue weighted by atomic mass is 35.5. The lowest BCUT2D eigenvalue weighted by atomic mass is 10.0. The van der Waals surface area contributed by atoms with Crippen LogP contribution in [-0.4, -0.2) is 26.7 Å². The van der Waals surface area contributed by atoms with E-state index in [2.05, 4.69) is 20.6 Å². The first-order chi connectivity index (χ1) is 12.2. The lowest BCUT2D eigenvalue weighted by Gasteiger charge is -2.15. The van der Waals surface area contributed by atoms with Crippen LogP contribution in [0.1, 0.15) is 26.5 Å². The molecule has 0 aliphatic heterocycles. The number of halogens is 1. The van der Waals surface area contributed by atoms with E-state index >= 15 is 0 Å². The summed E-state index contributed by atoms with van der Waals surface area (Å²) >= 11 is 5.87. The summed E-state index contributed by atoms with van der Waals surface area (Å²) in [7, 11) is 0. The minimum absolute atomic E-state index is 0.00587. The molecule has 0 fully saturated rings. The van der Waals surface area contributed by atoms with Crippen molar-refractivity contribution in [3.63, 3.8) is 0 Å². The molecule has 2 rings (SSSR count). The summed E-state index contributed by atoms with van der Waals surface area (Å²) in [6.45, 7) is 4.44. The first-order valence-electron chi connectivity index (χ1n) is 7.63. The van der Waals surface area contributed by atoms with Gasteiger partial charge in [-0.2, -0.15) is 4.98 Å². The van der Waals surface area contributed by atoms with Gasteiger partial charge < -0.3 is 5.32 Å². The summed E-state index contributed by atoms with van der Waals surface area (Å²) < 4.78 is 0. The van der Waals surface area contributed by atoms with Gasteiger partial charge in [-0.15, -0.1) is 0 Å². The van der Waals surface area contributed by atoms with E-state index in [1.807, 2.05) is 6.92 Å². The van der Waals surface area contributed by atoms with Crippen LogP contribution in [0, 0.1) is 10.1 Å². The average molecular weight is 378 g/mol. The summed E-state index contributed by atoms with van der Waals surface area (Å²) in [5, 5.41) is 16.2. The number of hydrogen-bond donors (Lipinski definition) is 2. The number of amides is 2. The number of nitrogens with zero attached hydrogens (tertiary/aromatic N) is 3. The zero-order chi connectivity index (χ0) is 19.4. The molecule has 1 heterocycles. The summed E-state index contributed by atoms with van der Waals surface area (Å²) in [6, 6.07) is 4.27. The van der Waals surface area contributed by atoms with Gasteiger partial charge in [-0.05, 0) is 18.1 Å². The predicted octanol–water partition coefficient (Wildman–Crippen LogP) is 3.18. The highest BCUT2D eigenvalue weighted by molar-refractivity contribution is 6.32. The van der Waals surface area contributed by atoms with Crippen LogP contribution in [0.5, 0.6) is 0 Å². The van der Waals surface area contributed by atoms with E-state index < -0.39 is 4.92 Å². The predicted molar refractivity (Wildman–Crippen MR) is 97.1 cm³/mol. The fourth-order valence-electron chi connectivity index (χ4n) is 2.35. The first-order valence-corrected chi connectivity index (χ1v) is 8.01. The zero-order valence-electron chi connectivity index (χ0n) is 14.3. The van der Waals surface area contributed by atoms with E-state index in [1.165, 1.54) is 26.0 Å². The van der Waals surface area contributed by atoms with Crippen LogP contribution in [0.15, 0.2) is 18.2 Å². The summed E-state index contributed by atoms with van der Waals surface area (Å²) in [4.78, 5) is 41.9. The van der Waals surface area contributed by atoms with Crippen LogP contribution in [0.25, 0.3) is 11.1 Å². The number of nitro groups is 1. The Morgan fingerprint density at radius 2 is 1.85 bits per heavy atom. The second kappa shape index (κ2) is 7.87. The van der Waals surface area contributed by atoms with Crippen LogP contribution in [0.3, 0.4) is 0 Å². The third kappa shape index (κ3) is 4.31. The molecule has 9 nitrogen and oxygen atoms in total. The molecular formula is C16H16ClN5O4. The molecule has 0 aliphatic rings. The number of benzene rings is 1. The van der Waals surface area contributed by atoms with Gasteiger partial charge >= 0.3 is 0 Å². The number of hydrogen-bond acceptors (Lipinski definition) is 6. The Hall–Kier alpha value is -3.07. The lowest BCUT2D eigenvalue weighted by molar-refractivity contribution is -0.384. The second-order valence-electron chi connectivity index (χ2n) is 5.36. The number of nitrogens with one attached hydrogen (secondary N) is 2. The quantitative estimate of drug-likeness (QED) is 0.608. The molecular weight excluding hydrogens is 362 g/mol. The molecule has 0 saturated carbocycles. The standard InChI is InChI=1S/C16H16ClN5O4/c1-4-12-14(10-5-6-11(17)13(7-10)22(25)26)15(18-8(2)23)21-16(20-12)19-9(3)24/h5-7H,4H2,1-3H3,(H2,18,19,20,21,23,24). The molecule has 0 unspecified atom stereocenters. The molecule has 0 bridgehead atoms. The second-order valence-corrected chi connectivity index (χ2v) is 5.76. The van der Waals surface area contributed by atoms with Crippen molar-refractivity contribution >= 4 is 40.9 Å². The normalized spacial score (nSPS) is 10.3. The number of rotatable bonds is 5. The molecule has 1 aromatic heterocycles. The van der Waals surface area contributed by atoms with Crippen molar-refractivity contribution in [1.82, 2.24) is 9.97 Å². The summed E-state index contributed by atoms with van der Waals surface area (Å²) in [5.41, 5.74) is 1.09. The molecule has 0 aliphatic carbocycles. The number of carbonyl (C=O) groups excluding carboxylic acids is 2. The molecule has 2 aromatic rings. The van der Waals surface area contributed by atoms with Crippen molar-refractivity contribution in [2.45, 2.75) is 27.2 Å². The van der Waals surface area contributed by atoms with E-state index in [-0.39, 0.29) is 34.3 Å². The molecule has 136 valence electrons. The van der Waals surface area contributed by atoms with E-state index in [9.17, 15) is 19.7 Å². The zero-order valence-corrected chi connectivity index (χ0v) is 15.0. The monoisotopic (exact) mass is 377 g/mol. The maximum atomic E-state index is 11.6. The molecule has 26 heavy (non-hydrogen) atoms. The van der Waals surface area contributed by atoms with Crippen molar-refractivity contribution in [2.24, 2.45) is 0 Å². The highest BCUT2D eigenvalue weighted by Gasteiger charge is 2.20. The Morgan fingerprint density at radius 1 is 1.19 bits per heavy atom. The third-order valence-electron chi connectivity index (χ3n) is 3.33. The Morgan fingerprint density at radius 3 is 2.38 bits per heavy atom. The van der Waals surface area contributed by atoms with Crippen molar-refractivity contribution in [1.29, 1.82) is 0 Å². The van der Waals surface area contributed by atoms with Crippen LogP contribution in [0.4, 0.5) is 17.5 Å². The fourth-order valence-corrected chi connectivity index (χ4v) is 2.53. The Labute approximate surface area is 153 Å². The van der Waals surface area contributed by atoms with Crippen LogP contribution < -0.4 is 10.6 Å². The minimum atomic E-state index is -0.595. The van der Waals surface area contributed by atoms with Crippen LogP contribution >= 0.6 is 11.6 Å². The van der Waals surface area contributed by atoms with Crippen LogP contribution in [-0.2, 0) is 16.0 Å². The highest BCUT2D eigenvalue weighted by Crippen LogP contribution is 2.35. The molecule has 0 atom stereocenters. The smallest absolute Gasteiger partial charge is 0.288 e. The van der Waals surface area contributed by atoms with Crippen molar-refractivity contribution in [3.05, 3.63) is 39.0 Å². The van der Waals surface area contributed by atoms with Crippen molar-refractivity contribution in [3.8, 4) is 11.1 Å². The average Bonchev–Trinajstić information content (AvgIpc) is 2.53. The minimum Gasteiger partial charge on any atom is -0.310 e. The number of aromatic nitrogens is 2. The Balaban J connectivity index is 2.73. The van der Waals surface area contributed by atoms with E-state index in [0.717, 1.165) is 0 Å². The molecule has 10 heteroatoms. The van der Waals surface area contributed by atoms with Gasteiger partial charge in [0, 0.05) is 25.5 Å². The maximum Gasteiger partial charge on any atom is 0.288 e. The largest absolute Gasteiger partial charge is 0.310 e. The van der Waals surface area contributed by atoms with Gasteiger partial charge in [-0.1, -0.05) is 24.6 Å². The van der Waals surface area contributed by atoms with Gasteiger partial charge in [0.05, 0.1) is 10.6 Å². The van der Waals surface area contributed by atoms with Crippen molar-refractivity contribution < 1.29 is 14.5 Å². The van der Waals surface area contributed by atoms with Gasteiger partial charge in [-0.25, -0.2) is 4.98 Å². The van der Waals surface area contributed by atoms with Gasteiger partial charge in [0.2, 0.25) is 17.8 Å². The van der Waals surface area contributed by atoms with E-state index in [1.54, 1.807) is 6.07 Å². The van der Waals surface area contributed by atoms with Gasteiger partial charge in [-0.3, -0.25) is 25.0 Å². The van der Waals surface area contributed by atoms with Gasteiger partial charge in [0.25, 0.3) is 5.69 Å². The van der Waals surface area contributed by atoms with Crippen molar-refractivity contribution in [2.75, 3.05) is 10.6 Å². The maximum absolute atomic E-state index is 11.6. The molecule has 0 spiro atoms. The Kier molecular flexibility index (Phi) is 5.83. The van der Waals surface area contributed by atoms with Gasteiger partial charge in [0.15, 0.2) is 0 Å². The number of nitro benzene ring substituents is 1. The summed E-state index contributed by atoms with van der Waals surface area (Å²) in [6.07, 6.45) is 0.438. The first kappa shape index (κ1) is 19.3. The molecule has 0 saturated heterocycles. The fraction of sp³-hybridized carbons (Fsp3) is 0.250. The molecule has 0 radical (unpaired) electrons. The molecule has 1 aromatic carbocycles. The molecule has 2 N–H and O–H groups in total. The number of anilines is 2. The third-order valence-corrected chi connectivity index (χ3v) is 3.65. The number of carbonyl (C=O) groups is 2. The van der Waals surface area contributed by atoms with Crippen LogP contribution in [0.2, 0.25) is 5.02 Å².